The van der Waals surface area contributed by atoms with Crippen LogP contribution in [0.3, 0.4) is 0 Å². The number of nitrogens with one attached hydrogen (secondary N) is 1. The molecule has 2 aromatic heterocycles. The second-order valence-electron chi connectivity index (χ2n) is 8.02. The van der Waals surface area contributed by atoms with Crippen molar-refractivity contribution in [1.29, 1.82) is 5.26 Å². The molecule has 0 aromatic carbocycles. The van der Waals surface area contributed by atoms with Gasteiger partial charge in [0.05, 0.1) is 42.8 Å². The largest absolute Gasteiger partial charge is 0.378 e. The summed E-state index contributed by atoms with van der Waals surface area (Å²) < 4.78 is 13.8. The molecular weight excluding hydrogens is 356 g/mol. The minimum Gasteiger partial charge on any atom is -0.378 e. The Morgan fingerprint density at radius 2 is 2.04 bits per heavy atom. The molecule has 0 saturated carbocycles. The predicted octanol–water partition coefficient (Wildman–Crippen LogP) is 0.472. The first-order valence-electron chi connectivity index (χ1n) is 10.0. The number of pyridine rings is 1. The monoisotopic (exact) mass is 382 g/mol. The highest BCUT2D eigenvalue weighted by molar-refractivity contribution is 5.74. The van der Waals surface area contributed by atoms with Gasteiger partial charge in [-0.2, -0.15) is 10.4 Å². The molecule has 3 fully saturated rings. The Kier molecular flexibility index (Phi) is 4.69. The molecule has 2 bridgehead atoms. The van der Waals surface area contributed by atoms with E-state index in [9.17, 15) is 5.26 Å². The fraction of sp³-hybridized carbons (Fsp3) is 0.600. The van der Waals surface area contributed by atoms with Gasteiger partial charge in [-0.3, -0.25) is 4.90 Å². The first kappa shape index (κ1) is 17.9. The van der Waals surface area contributed by atoms with E-state index in [1.165, 1.54) is 0 Å². The summed E-state index contributed by atoms with van der Waals surface area (Å²) in [4.78, 5) is 4.96. The van der Waals surface area contributed by atoms with Crippen LogP contribution < -0.4 is 10.2 Å². The van der Waals surface area contributed by atoms with E-state index in [4.69, 9.17) is 9.47 Å². The highest BCUT2D eigenvalue weighted by Gasteiger charge is 2.37. The molecule has 3 aliphatic heterocycles. The molecule has 3 saturated heterocycles. The van der Waals surface area contributed by atoms with Gasteiger partial charge in [0.15, 0.2) is 0 Å². The molecule has 28 heavy (non-hydrogen) atoms. The van der Waals surface area contributed by atoms with Crippen LogP contribution in [0, 0.1) is 11.3 Å². The van der Waals surface area contributed by atoms with E-state index in [1.54, 1.807) is 10.7 Å². The van der Waals surface area contributed by atoms with Crippen molar-refractivity contribution in [1.82, 2.24) is 19.8 Å². The summed E-state index contributed by atoms with van der Waals surface area (Å²) in [5.74, 6) is 0. The van der Waals surface area contributed by atoms with Gasteiger partial charge in [0.1, 0.15) is 11.8 Å². The topological polar surface area (TPSA) is 78.1 Å². The Morgan fingerprint density at radius 1 is 1.21 bits per heavy atom. The number of hydrogen-bond acceptors (Lipinski definition) is 7. The number of nitriles is 1. The van der Waals surface area contributed by atoms with Crippen LogP contribution in [0.25, 0.3) is 5.52 Å². The SMILES string of the molecule is C[C@@H]1CN(c2ccc(C#N)n3nccc23)C[C@H](CN2C3CNCC2COC3)O1. The van der Waals surface area contributed by atoms with Gasteiger partial charge in [-0.05, 0) is 25.1 Å². The molecule has 148 valence electrons. The summed E-state index contributed by atoms with van der Waals surface area (Å²) in [6.07, 6.45) is 2.04. The molecule has 5 rings (SSSR count). The van der Waals surface area contributed by atoms with Gasteiger partial charge in [0.2, 0.25) is 0 Å². The Labute approximate surface area is 164 Å². The second-order valence-corrected chi connectivity index (χ2v) is 8.02. The standard InChI is InChI=1S/C20H26N6O2/c1-14-9-24(19-3-2-15(6-21)26-20(19)4-5-23-26)10-18(28-14)11-25-16-7-22-8-17(25)13-27-12-16/h2-5,14,16-18,22H,7-13H2,1H3/t14-,16?,17?,18-/m1/s1. The number of piperazine rings is 1. The van der Waals surface area contributed by atoms with Crippen LogP contribution in [-0.4, -0.2) is 84.7 Å². The second kappa shape index (κ2) is 7.33. The smallest absolute Gasteiger partial charge is 0.142 e. The number of hydrogen-bond donors (Lipinski definition) is 1. The highest BCUT2D eigenvalue weighted by atomic mass is 16.5. The number of morpholine rings is 2. The summed E-state index contributed by atoms with van der Waals surface area (Å²) in [6, 6.07) is 8.94. The third-order valence-corrected chi connectivity index (χ3v) is 6.05. The van der Waals surface area contributed by atoms with Crippen LogP contribution in [0.15, 0.2) is 24.4 Å². The summed E-state index contributed by atoms with van der Waals surface area (Å²) in [6.45, 7) is 8.28. The summed E-state index contributed by atoms with van der Waals surface area (Å²) >= 11 is 0. The first-order chi connectivity index (χ1) is 13.7. The van der Waals surface area contributed by atoms with Crippen LogP contribution in [0.1, 0.15) is 12.6 Å². The molecule has 0 aliphatic carbocycles. The van der Waals surface area contributed by atoms with Crippen molar-refractivity contribution in [2.75, 3.05) is 50.8 Å². The molecule has 0 radical (unpaired) electrons. The minimum absolute atomic E-state index is 0.142. The van der Waals surface area contributed by atoms with Crippen LogP contribution in [-0.2, 0) is 9.47 Å². The van der Waals surface area contributed by atoms with E-state index in [2.05, 4.69) is 33.2 Å². The number of fused-ring (bicyclic) bond motifs is 3. The van der Waals surface area contributed by atoms with Crippen molar-refractivity contribution in [3.63, 3.8) is 0 Å². The van der Waals surface area contributed by atoms with Gasteiger partial charge in [0, 0.05) is 44.8 Å². The van der Waals surface area contributed by atoms with E-state index in [-0.39, 0.29) is 12.2 Å². The Balaban J connectivity index is 1.38. The maximum absolute atomic E-state index is 9.33. The summed E-state index contributed by atoms with van der Waals surface area (Å²) in [7, 11) is 0. The van der Waals surface area contributed by atoms with Crippen LogP contribution >= 0.6 is 0 Å². The zero-order chi connectivity index (χ0) is 19.1. The van der Waals surface area contributed by atoms with Crippen molar-refractivity contribution >= 4 is 11.2 Å². The zero-order valence-electron chi connectivity index (χ0n) is 16.1. The fourth-order valence-corrected chi connectivity index (χ4v) is 4.83. The van der Waals surface area contributed by atoms with Gasteiger partial charge >= 0.3 is 0 Å². The van der Waals surface area contributed by atoms with E-state index in [0.717, 1.165) is 57.1 Å². The number of rotatable bonds is 3. The van der Waals surface area contributed by atoms with Crippen LogP contribution in [0.4, 0.5) is 5.69 Å². The van der Waals surface area contributed by atoms with Crippen molar-refractivity contribution in [2.24, 2.45) is 0 Å². The lowest BCUT2D eigenvalue weighted by Gasteiger charge is -2.48. The molecule has 0 amide bonds. The Morgan fingerprint density at radius 3 is 2.82 bits per heavy atom. The lowest BCUT2D eigenvalue weighted by Crippen LogP contribution is -2.66. The van der Waals surface area contributed by atoms with E-state index in [1.807, 2.05) is 18.2 Å². The number of aromatic nitrogens is 2. The fourth-order valence-electron chi connectivity index (χ4n) is 4.83. The molecule has 0 spiro atoms. The van der Waals surface area contributed by atoms with Crippen LogP contribution in [0.2, 0.25) is 0 Å². The van der Waals surface area contributed by atoms with E-state index >= 15 is 0 Å². The molecule has 8 nitrogen and oxygen atoms in total. The normalized spacial score (nSPS) is 31.1. The van der Waals surface area contributed by atoms with Crippen molar-refractivity contribution in [3.8, 4) is 6.07 Å². The molecule has 2 aromatic rings. The van der Waals surface area contributed by atoms with E-state index < -0.39 is 0 Å². The predicted molar refractivity (Wildman–Crippen MR) is 104 cm³/mol. The average molecular weight is 382 g/mol. The molecular formula is C20H26N6O2. The molecule has 3 aliphatic rings. The Bertz CT molecular complexity index is 870. The summed E-state index contributed by atoms with van der Waals surface area (Å²) in [5.41, 5.74) is 2.63. The Hall–Kier alpha value is -2.18. The lowest BCUT2D eigenvalue weighted by atomic mass is 10.0. The zero-order valence-corrected chi connectivity index (χ0v) is 16.1. The molecule has 2 unspecified atom stereocenters. The molecule has 1 N–H and O–H groups in total. The molecule has 5 heterocycles. The van der Waals surface area contributed by atoms with Crippen molar-refractivity contribution in [3.05, 3.63) is 30.1 Å². The minimum atomic E-state index is 0.142. The summed E-state index contributed by atoms with van der Waals surface area (Å²) in [5, 5.41) is 17.2. The first-order valence-corrected chi connectivity index (χ1v) is 10.0. The van der Waals surface area contributed by atoms with E-state index in [0.29, 0.717) is 17.8 Å². The number of ether oxygens (including phenoxy) is 2. The molecule has 8 heteroatoms. The van der Waals surface area contributed by atoms with Crippen molar-refractivity contribution < 1.29 is 9.47 Å². The third-order valence-electron chi connectivity index (χ3n) is 6.05. The molecule has 4 atom stereocenters. The highest BCUT2D eigenvalue weighted by Crippen LogP contribution is 2.27. The number of nitrogens with zero attached hydrogens (tertiary/aromatic N) is 5. The average Bonchev–Trinajstić information content (AvgIpc) is 3.16. The van der Waals surface area contributed by atoms with Crippen LogP contribution in [0.5, 0.6) is 0 Å². The lowest BCUT2D eigenvalue weighted by molar-refractivity contribution is -0.0998. The maximum atomic E-state index is 9.33. The van der Waals surface area contributed by atoms with Gasteiger partial charge < -0.3 is 19.7 Å². The van der Waals surface area contributed by atoms with Gasteiger partial charge in [-0.1, -0.05) is 0 Å². The third kappa shape index (κ3) is 3.14. The quantitative estimate of drug-likeness (QED) is 0.827. The maximum Gasteiger partial charge on any atom is 0.142 e. The van der Waals surface area contributed by atoms with Gasteiger partial charge in [-0.25, -0.2) is 4.52 Å². The van der Waals surface area contributed by atoms with Gasteiger partial charge in [0.25, 0.3) is 0 Å². The van der Waals surface area contributed by atoms with Gasteiger partial charge in [-0.15, -0.1) is 0 Å². The van der Waals surface area contributed by atoms with Crippen molar-refractivity contribution in [2.45, 2.75) is 31.2 Å². The number of anilines is 1.